The molecule has 2 aromatic carbocycles. The number of carbonyl (C=O) groups is 1. The average molecular weight is 363 g/mol. The molecule has 6 heteroatoms. The Hall–Kier alpha value is -2.21. The normalized spacial score (nSPS) is 12.0. The van der Waals surface area contributed by atoms with Crippen LogP contribution in [0.15, 0.2) is 42.5 Å². The Morgan fingerprint density at radius 1 is 1.12 bits per heavy atom. The number of aryl methyl sites for hydroxylation is 1. The van der Waals surface area contributed by atoms with Gasteiger partial charge in [0, 0.05) is 5.69 Å². The highest BCUT2D eigenvalue weighted by molar-refractivity contribution is 7.91. The minimum absolute atomic E-state index is 0.0484. The molecule has 1 N–H and O–H groups in total. The zero-order chi connectivity index (χ0) is 18.8. The summed E-state index contributed by atoms with van der Waals surface area (Å²) >= 11 is 0. The fourth-order valence-electron chi connectivity index (χ4n) is 2.19. The Kier molecular flexibility index (Phi) is 5.32. The van der Waals surface area contributed by atoms with Crippen LogP contribution in [0.5, 0.6) is 0 Å². The standard InChI is InChI=1S/C19H22FNO3S/c1-13-8-9-17(20)16(10-13)18(22)21-15-7-5-6-14(11-15)12-25(23,24)19(2,3)4/h5-11H,12H2,1-4H3,(H,21,22). The summed E-state index contributed by atoms with van der Waals surface area (Å²) < 4.78 is 37.6. The van der Waals surface area contributed by atoms with Gasteiger partial charge in [0.2, 0.25) is 0 Å². The first-order valence-corrected chi connectivity index (χ1v) is 9.53. The number of benzene rings is 2. The van der Waals surface area contributed by atoms with Crippen LogP contribution in [0.3, 0.4) is 0 Å². The molecule has 2 aromatic rings. The van der Waals surface area contributed by atoms with Gasteiger partial charge in [-0.25, -0.2) is 12.8 Å². The number of rotatable bonds is 4. The highest BCUT2D eigenvalue weighted by Gasteiger charge is 2.29. The van der Waals surface area contributed by atoms with Crippen LogP contribution in [-0.4, -0.2) is 19.1 Å². The molecule has 0 bridgehead atoms. The summed E-state index contributed by atoms with van der Waals surface area (Å²) in [5.74, 6) is -1.30. The SMILES string of the molecule is Cc1ccc(F)c(C(=O)Nc2cccc(CS(=O)(=O)C(C)(C)C)c2)c1. The number of carbonyl (C=O) groups excluding carboxylic acids is 1. The van der Waals surface area contributed by atoms with E-state index in [4.69, 9.17) is 0 Å². The van der Waals surface area contributed by atoms with Crippen LogP contribution in [0.1, 0.15) is 42.3 Å². The molecule has 0 saturated carbocycles. The zero-order valence-electron chi connectivity index (χ0n) is 14.8. The summed E-state index contributed by atoms with van der Waals surface area (Å²) in [4.78, 5) is 12.3. The van der Waals surface area contributed by atoms with E-state index in [1.165, 1.54) is 12.1 Å². The first-order valence-electron chi connectivity index (χ1n) is 7.88. The molecule has 0 aliphatic rings. The van der Waals surface area contributed by atoms with Crippen LogP contribution in [0, 0.1) is 12.7 Å². The minimum Gasteiger partial charge on any atom is -0.322 e. The fourth-order valence-corrected chi connectivity index (χ4v) is 3.24. The Morgan fingerprint density at radius 3 is 2.44 bits per heavy atom. The monoisotopic (exact) mass is 363 g/mol. The highest BCUT2D eigenvalue weighted by atomic mass is 32.2. The van der Waals surface area contributed by atoms with E-state index < -0.39 is 26.3 Å². The van der Waals surface area contributed by atoms with Gasteiger partial charge in [0.25, 0.3) is 5.91 Å². The maximum atomic E-state index is 13.8. The smallest absolute Gasteiger partial charge is 0.258 e. The number of anilines is 1. The second-order valence-electron chi connectivity index (χ2n) is 7.01. The van der Waals surface area contributed by atoms with E-state index >= 15 is 0 Å². The van der Waals surface area contributed by atoms with Gasteiger partial charge in [-0.1, -0.05) is 23.8 Å². The third-order valence-electron chi connectivity index (χ3n) is 3.84. The van der Waals surface area contributed by atoms with Crippen LogP contribution >= 0.6 is 0 Å². The molecule has 0 aliphatic carbocycles. The molecule has 0 spiro atoms. The van der Waals surface area contributed by atoms with Gasteiger partial charge in [0.05, 0.1) is 16.1 Å². The van der Waals surface area contributed by atoms with Crippen molar-refractivity contribution in [2.45, 2.75) is 38.2 Å². The van der Waals surface area contributed by atoms with Gasteiger partial charge in [0.1, 0.15) is 5.82 Å². The topological polar surface area (TPSA) is 63.2 Å². The van der Waals surface area contributed by atoms with Crippen molar-refractivity contribution in [2.75, 3.05) is 5.32 Å². The molecule has 0 aromatic heterocycles. The van der Waals surface area contributed by atoms with Crippen LogP contribution in [-0.2, 0) is 15.6 Å². The van der Waals surface area contributed by atoms with Crippen molar-refractivity contribution < 1.29 is 17.6 Å². The molecule has 0 atom stereocenters. The Balaban J connectivity index is 2.22. The van der Waals surface area contributed by atoms with E-state index in [2.05, 4.69) is 5.32 Å². The van der Waals surface area contributed by atoms with Crippen molar-refractivity contribution in [3.05, 3.63) is 65.0 Å². The molecular formula is C19H22FNO3S. The van der Waals surface area contributed by atoms with Gasteiger partial charge in [-0.3, -0.25) is 4.79 Å². The summed E-state index contributed by atoms with van der Waals surface area (Å²) in [6.07, 6.45) is 0. The lowest BCUT2D eigenvalue weighted by Crippen LogP contribution is -2.29. The van der Waals surface area contributed by atoms with E-state index in [0.29, 0.717) is 11.3 Å². The lowest BCUT2D eigenvalue weighted by Gasteiger charge is -2.19. The summed E-state index contributed by atoms with van der Waals surface area (Å²) in [6, 6.07) is 10.9. The quantitative estimate of drug-likeness (QED) is 0.889. The highest BCUT2D eigenvalue weighted by Crippen LogP contribution is 2.22. The van der Waals surface area contributed by atoms with E-state index in [1.54, 1.807) is 58.0 Å². The maximum Gasteiger partial charge on any atom is 0.258 e. The zero-order valence-corrected chi connectivity index (χ0v) is 15.6. The molecule has 4 nitrogen and oxygen atoms in total. The van der Waals surface area contributed by atoms with Gasteiger partial charge < -0.3 is 5.32 Å². The molecule has 0 unspecified atom stereocenters. The van der Waals surface area contributed by atoms with Crippen molar-refractivity contribution in [3.8, 4) is 0 Å². The van der Waals surface area contributed by atoms with E-state index in [1.807, 2.05) is 0 Å². The molecule has 25 heavy (non-hydrogen) atoms. The van der Waals surface area contributed by atoms with Crippen molar-refractivity contribution >= 4 is 21.4 Å². The maximum absolute atomic E-state index is 13.8. The lowest BCUT2D eigenvalue weighted by atomic mass is 10.1. The number of amides is 1. The second kappa shape index (κ2) is 6.96. The third-order valence-corrected chi connectivity index (χ3v) is 6.42. The number of hydrogen-bond acceptors (Lipinski definition) is 3. The van der Waals surface area contributed by atoms with Crippen LogP contribution < -0.4 is 5.32 Å². The Morgan fingerprint density at radius 2 is 1.80 bits per heavy atom. The average Bonchev–Trinajstić information content (AvgIpc) is 2.48. The first-order chi connectivity index (χ1) is 11.5. The predicted molar refractivity (Wildman–Crippen MR) is 97.9 cm³/mol. The van der Waals surface area contributed by atoms with Gasteiger partial charge in [-0.2, -0.15) is 0 Å². The molecule has 0 aliphatic heterocycles. The molecule has 2 rings (SSSR count). The van der Waals surface area contributed by atoms with Crippen molar-refractivity contribution in [3.63, 3.8) is 0 Å². The minimum atomic E-state index is -3.33. The molecule has 0 radical (unpaired) electrons. The Bertz CT molecular complexity index is 899. The van der Waals surface area contributed by atoms with Crippen molar-refractivity contribution in [2.24, 2.45) is 0 Å². The molecule has 0 saturated heterocycles. The van der Waals surface area contributed by atoms with Crippen molar-refractivity contribution in [1.82, 2.24) is 0 Å². The predicted octanol–water partition coefficient (Wildman–Crippen LogP) is 4.10. The van der Waals surface area contributed by atoms with E-state index in [-0.39, 0.29) is 11.3 Å². The van der Waals surface area contributed by atoms with E-state index in [9.17, 15) is 17.6 Å². The number of nitrogens with one attached hydrogen (secondary N) is 1. The lowest BCUT2D eigenvalue weighted by molar-refractivity contribution is 0.102. The van der Waals surface area contributed by atoms with Crippen LogP contribution in [0.2, 0.25) is 0 Å². The van der Waals surface area contributed by atoms with Crippen molar-refractivity contribution in [1.29, 1.82) is 0 Å². The largest absolute Gasteiger partial charge is 0.322 e. The van der Waals surface area contributed by atoms with Gasteiger partial charge >= 0.3 is 0 Å². The summed E-state index contributed by atoms with van der Waals surface area (Å²) in [6.45, 7) is 6.71. The van der Waals surface area contributed by atoms with Crippen LogP contribution in [0.4, 0.5) is 10.1 Å². The second-order valence-corrected chi connectivity index (χ2v) is 9.75. The third kappa shape index (κ3) is 4.66. The van der Waals surface area contributed by atoms with Gasteiger partial charge in [-0.15, -0.1) is 0 Å². The fraction of sp³-hybridized carbons (Fsp3) is 0.316. The number of hydrogen-bond donors (Lipinski definition) is 1. The summed E-state index contributed by atoms with van der Waals surface area (Å²) in [5, 5.41) is 2.62. The molecular weight excluding hydrogens is 341 g/mol. The molecule has 134 valence electrons. The first kappa shape index (κ1) is 19.1. The van der Waals surface area contributed by atoms with Gasteiger partial charge in [0.15, 0.2) is 9.84 Å². The Labute approximate surface area is 148 Å². The molecule has 0 heterocycles. The molecule has 0 fully saturated rings. The van der Waals surface area contributed by atoms with Gasteiger partial charge in [-0.05, 0) is 57.5 Å². The summed E-state index contributed by atoms with van der Waals surface area (Å²) in [7, 11) is -3.33. The molecule has 1 amide bonds. The van der Waals surface area contributed by atoms with Crippen LogP contribution in [0.25, 0.3) is 0 Å². The summed E-state index contributed by atoms with van der Waals surface area (Å²) in [5.41, 5.74) is 1.72. The van der Waals surface area contributed by atoms with E-state index in [0.717, 1.165) is 5.56 Å². The number of sulfone groups is 1. The number of halogens is 1.